The van der Waals surface area contributed by atoms with Gasteiger partial charge in [0.05, 0.1) is 24.5 Å². The first-order chi connectivity index (χ1) is 17.1. The molecule has 36 heavy (non-hydrogen) atoms. The van der Waals surface area contributed by atoms with Gasteiger partial charge in [-0.15, -0.1) is 0 Å². The molecule has 10 heteroatoms. The van der Waals surface area contributed by atoms with Crippen molar-refractivity contribution < 1.29 is 19.0 Å². The molecular formula is C26H36ClN5O4. The summed E-state index contributed by atoms with van der Waals surface area (Å²) in [5, 5.41) is 0.367. The Morgan fingerprint density at radius 3 is 2.50 bits per heavy atom. The van der Waals surface area contributed by atoms with Gasteiger partial charge in [-0.05, 0) is 64.2 Å². The molecule has 0 saturated carbocycles. The molecule has 1 atom stereocenters. The Balaban J connectivity index is 1.42. The van der Waals surface area contributed by atoms with Crippen molar-refractivity contribution in [3.63, 3.8) is 0 Å². The van der Waals surface area contributed by atoms with Crippen LogP contribution in [-0.2, 0) is 9.47 Å². The molecule has 3 heterocycles. The van der Waals surface area contributed by atoms with E-state index in [-0.39, 0.29) is 6.09 Å². The van der Waals surface area contributed by atoms with Crippen molar-refractivity contribution in [1.82, 2.24) is 14.9 Å². The smallest absolute Gasteiger partial charge is 0.410 e. The molecule has 4 rings (SSSR count). The topological polar surface area (TPSA) is 103 Å². The van der Waals surface area contributed by atoms with Crippen LogP contribution in [0, 0.1) is 0 Å². The number of nitrogens with two attached hydrogens (primary N) is 1. The first-order valence-electron chi connectivity index (χ1n) is 12.5. The Morgan fingerprint density at radius 2 is 1.86 bits per heavy atom. The lowest BCUT2D eigenvalue weighted by molar-refractivity contribution is 0.0205. The molecule has 0 spiro atoms. The van der Waals surface area contributed by atoms with Gasteiger partial charge in [0.15, 0.2) is 0 Å². The molecule has 2 aromatic rings. The molecule has 2 aliphatic rings. The number of morpholine rings is 1. The average Bonchev–Trinajstić information content (AvgIpc) is 2.84. The molecular weight excluding hydrogens is 482 g/mol. The number of halogens is 1. The monoisotopic (exact) mass is 517 g/mol. The van der Waals surface area contributed by atoms with Crippen LogP contribution in [0.4, 0.5) is 16.3 Å². The number of carbonyl (C=O) groups is 1. The van der Waals surface area contributed by atoms with E-state index in [1.54, 1.807) is 4.90 Å². The molecule has 2 fully saturated rings. The number of likely N-dealkylation sites (tertiary alicyclic amines) is 1. The average molecular weight is 518 g/mol. The molecule has 2 aliphatic heterocycles. The highest BCUT2D eigenvalue weighted by Gasteiger charge is 2.28. The number of carbonyl (C=O) groups excluding carboxylic acids is 1. The van der Waals surface area contributed by atoms with E-state index in [0.29, 0.717) is 48.8 Å². The van der Waals surface area contributed by atoms with Gasteiger partial charge in [-0.3, -0.25) is 0 Å². The van der Waals surface area contributed by atoms with E-state index in [9.17, 15) is 4.79 Å². The number of ether oxygens (including phenoxy) is 3. The van der Waals surface area contributed by atoms with Crippen LogP contribution >= 0.6 is 11.6 Å². The number of hydrogen-bond donors (Lipinski definition) is 1. The Labute approximate surface area is 217 Å². The van der Waals surface area contributed by atoms with Crippen LogP contribution in [0.2, 0.25) is 5.15 Å². The van der Waals surface area contributed by atoms with E-state index in [2.05, 4.69) is 20.9 Å². The van der Waals surface area contributed by atoms with Crippen LogP contribution in [0.25, 0.3) is 0 Å². The quantitative estimate of drug-likeness (QED) is 0.445. The predicted octanol–water partition coefficient (Wildman–Crippen LogP) is 4.80. The maximum Gasteiger partial charge on any atom is 0.410 e. The minimum atomic E-state index is -0.492. The molecule has 2 N–H and O–H groups in total. The standard InChI is InChI=1S/C26H36ClN5O4/c1-17(22-23(27)29-16-30-24(22)31-11-13-34-14-12-31)35-21-6-5-19(15-20(21)28)18-7-9-32(10-8-18)25(33)36-26(2,3)4/h5-6,15-18H,7-14,28H2,1-4H3. The lowest BCUT2D eigenvalue weighted by Gasteiger charge is -2.33. The molecule has 0 bridgehead atoms. The van der Waals surface area contributed by atoms with E-state index in [0.717, 1.165) is 42.9 Å². The molecule has 196 valence electrons. The van der Waals surface area contributed by atoms with Gasteiger partial charge < -0.3 is 29.7 Å². The normalized spacial score (nSPS) is 18.1. The lowest BCUT2D eigenvalue weighted by atomic mass is 9.89. The van der Waals surface area contributed by atoms with Gasteiger partial charge in [-0.25, -0.2) is 14.8 Å². The third kappa shape index (κ3) is 6.31. The van der Waals surface area contributed by atoms with E-state index >= 15 is 0 Å². The summed E-state index contributed by atoms with van der Waals surface area (Å²) >= 11 is 6.49. The minimum absolute atomic E-state index is 0.252. The molecule has 1 aromatic carbocycles. The number of rotatable bonds is 5. The van der Waals surface area contributed by atoms with Gasteiger partial charge in [-0.2, -0.15) is 0 Å². The number of hydrogen-bond acceptors (Lipinski definition) is 8. The zero-order valence-corrected chi connectivity index (χ0v) is 22.3. The second-order valence-electron chi connectivity index (χ2n) is 10.3. The third-order valence-electron chi connectivity index (χ3n) is 6.49. The Morgan fingerprint density at radius 1 is 1.17 bits per heavy atom. The molecule has 1 unspecified atom stereocenters. The second-order valence-corrected chi connectivity index (χ2v) is 10.7. The summed E-state index contributed by atoms with van der Waals surface area (Å²) in [4.78, 5) is 25.0. The summed E-state index contributed by atoms with van der Waals surface area (Å²) in [6.45, 7) is 11.6. The first-order valence-corrected chi connectivity index (χ1v) is 12.9. The van der Waals surface area contributed by atoms with Gasteiger partial charge in [-0.1, -0.05) is 17.7 Å². The summed E-state index contributed by atoms with van der Waals surface area (Å²) in [5.41, 5.74) is 8.37. The number of anilines is 2. The largest absolute Gasteiger partial charge is 0.484 e. The summed E-state index contributed by atoms with van der Waals surface area (Å²) in [7, 11) is 0. The maximum atomic E-state index is 12.4. The van der Waals surface area contributed by atoms with Crippen molar-refractivity contribution in [2.75, 3.05) is 50.0 Å². The van der Waals surface area contributed by atoms with Crippen molar-refractivity contribution in [3.05, 3.63) is 40.8 Å². The van der Waals surface area contributed by atoms with E-state index in [1.807, 2.05) is 39.8 Å². The van der Waals surface area contributed by atoms with Crippen LogP contribution in [0.1, 0.15) is 63.7 Å². The van der Waals surface area contributed by atoms with Gasteiger partial charge in [0, 0.05) is 26.2 Å². The fourth-order valence-corrected chi connectivity index (χ4v) is 4.92. The highest BCUT2D eigenvalue weighted by molar-refractivity contribution is 6.30. The van der Waals surface area contributed by atoms with Crippen LogP contribution in [0.3, 0.4) is 0 Å². The molecule has 0 radical (unpaired) electrons. The van der Waals surface area contributed by atoms with Crippen molar-refractivity contribution in [2.24, 2.45) is 0 Å². The Kier molecular flexibility index (Phi) is 8.10. The second kappa shape index (κ2) is 11.1. The number of nitrogens with zero attached hydrogens (tertiary/aromatic N) is 4. The van der Waals surface area contributed by atoms with Gasteiger partial charge in [0.1, 0.15) is 34.8 Å². The van der Waals surface area contributed by atoms with Crippen molar-refractivity contribution in [3.8, 4) is 5.75 Å². The fraction of sp³-hybridized carbons (Fsp3) is 0.577. The summed E-state index contributed by atoms with van der Waals surface area (Å²) in [6, 6.07) is 5.94. The van der Waals surface area contributed by atoms with Crippen LogP contribution in [0.15, 0.2) is 24.5 Å². The van der Waals surface area contributed by atoms with Crippen molar-refractivity contribution in [1.29, 1.82) is 0 Å². The summed E-state index contributed by atoms with van der Waals surface area (Å²) < 4.78 is 17.2. The van der Waals surface area contributed by atoms with Crippen molar-refractivity contribution >= 4 is 29.2 Å². The third-order valence-corrected chi connectivity index (χ3v) is 6.79. The molecule has 0 aliphatic carbocycles. The summed E-state index contributed by atoms with van der Waals surface area (Å²) in [6.07, 6.45) is 2.53. The number of aromatic nitrogens is 2. The number of piperidine rings is 1. The molecule has 1 amide bonds. The Hall–Kier alpha value is -2.78. The SMILES string of the molecule is CC(Oc1ccc(C2CCN(C(=O)OC(C)(C)C)CC2)cc1N)c1c(Cl)ncnc1N1CCOCC1. The Bertz CT molecular complexity index is 1060. The highest BCUT2D eigenvalue weighted by Crippen LogP contribution is 2.37. The van der Waals surface area contributed by atoms with Crippen LogP contribution in [0.5, 0.6) is 5.75 Å². The first kappa shape index (κ1) is 26.3. The number of benzene rings is 1. The van der Waals surface area contributed by atoms with Crippen LogP contribution < -0.4 is 15.4 Å². The van der Waals surface area contributed by atoms with E-state index in [4.69, 9.17) is 31.5 Å². The lowest BCUT2D eigenvalue weighted by Crippen LogP contribution is -2.41. The number of amides is 1. The molecule has 2 saturated heterocycles. The zero-order valence-electron chi connectivity index (χ0n) is 21.5. The van der Waals surface area contributed by atoms with Gasteiger partial charge in [0.2, 0.25) is 0 Å². The zero-order chi connectivity index (χ0) is 25.9. The molecule has 9 nitrogen and oxygen atoms in total. The maximum absolute atomic E-state index is 12.4. The summed E-state index contributed by atoms with van der Waals surface area (Å²) in [5.74, 6) is 1.67. The minimum Gasteiger partial charge on any atom is -0.484 e. The van der Waals surface area contributed by atoms with Crippen molar-refractivity contribution in [2.45, 2.75) is 58.2 Å². The van der Waals surface area contributed by atoms with Gasteiger partial charge in [0.25, 0.3) is 0 Å². The van der Waals surface area contributed by atoms with E-state index < -0.39 is 11.7 Å². The van der Waals surface area contributed by atoms with E-state index in [1.165, 1.54) is 6.33 Å². The fourth-order valence-electron chi connectivity index (χ4n) is 4.64. The number of nitrogen functional groups attached to an aromatic ring is 1. The molecule has 1 aromatic heterocycles. The van der Waals surface area contributed by atoms with Crippen LogP contribution in [-0.4, -0.2) is 66.0 Å². The van der Waals surface area contributed by atoms with Gasteiger partial charge >= 0.3 is 6.09 Å². The predicted molar refractivity (Wildman–Crippen MR) is 140 cm³/mol. The highest BCUT2D eigenvalue weighted by atomic mass is 35.5.